The largest absolute Gasteiger partial charge is 0.317 e. The molecule has 1 N–H and O–H groups in total. The molecule has 2 aromatic carbocycles. The summed E-state index contributed by atoms with van der Waals surface area (Å²) in [6.45, 7) is 4.81. The van der Waals surface area contributed by atoms with Crippen LogP contribution in [0.5, 0.6) is 0 Å². The van der Waals surface area contributed by atoms with E-state index in [-0.39, 0.29) is 0 Å². The fourth-order valence-electron chi connectivity index (χ4n) is 3.97. The first-order chi connectivity index (χ1) is 14.1. The Morgan fingerprint density at radius 2 is 1.10 bits per heavy atom. The van der Waals surface area contributed by atoms with Gasteiger partial charge in [-0.15, -0.1) is 0 Å². The van der Waals surface area contributed by atoms with Crippen molar-refractivity contribution in [3.63, 3.8) is 0 Å². The third-order valence-electron chi connectivity index (χ3n) is 5.74. The summed E-state index contributed by atoms with van der Waals surface area (Å²) in [5, 5.41) is 3.39. The van der Waals surface area contributed by atoms with Crippen molar-refractivity contribution in [2.75, 3.05) is 38.2 Å². The Balaban J connectivity index is 0.000000191. The summed E-state index contributed by atoms with van der Waals surface area (Å²) >= 11 is 9.08. The number of nitrogens with one attached hydrogen (secondary N) is 1. The van der Waals surface area contributed by atoms with Crippen molar-refractivity contribution in [3.8, 4) is 0 Å². The van der Waals surface area contributed by atoms with Gasteiger partial charge in [-0.05, 0) is 111 Å². The second-order valence-electron chi connectivity index (χ2n) is 7.70. The number of hydrogen-bond donors (Lipinski definition) is 1. The van der Waals surface area contributed by atoms with Gasteiger partial charge in [0.25, 0.3) is 0 Å². The predicted octanol–water partition coefficient (Wildman–Crippen LogP) is 7.23. The molecule has 4 rings (SSSR count). The summed E-state index contributed by atoms with van der Waals surface area (Å²) in [5.74, 6) is 1.55. The van der Waals surface area contributed by atoms with Gasteiger partial charge in [0.15, 0.2) is 0 Å². The average Bonchev–Trinajstić information content (AvgIpc) is 2.78. The molecule has 0 unspecified atom stereocenters. The fourth-order valence-corrected chi connectivity index (χ4v) is 4.50. The molecule has 2 aliphatic heterocycles. The summed E-state index contributed by atoms with van der Waals surface area (Å²) < 4.78 is 2.35. The molecule has 160 valence electrons. The van der Waals surface area contributed by atoms with E-state index in [0.717, 1.165) is 11.8 Å². The lowest BCUT2D eigenvalue weighted by atomic mass is 9.90. The van der Waals surface area contributed by atoms with Crippen LogP contribution < -0.4 is 5.32 Å². The van der Waals surface area contributed by atoms with Gasteiger partial charge in [-0.2, -0.15) is 0 Å². The number of nitrogens with zero attached hydrogens (tertiary/aromatic N) is 1. The van der Waals surface area contributed by atoms with Crippen LogP contribution in [0.25, 0.3) is 0 Å². The van der Waals surface area contributed by atoms with Crippen LogP contribution >= 0.6 is 54.5 Å². The number of piperidine rings is 2. The normalized spacial score (nSPS) is 18.2. The van der Waals surface area contributed by atoms with Gasteiger partial charge in [0, 0.05) is 8.95 Å². The minimum Gasteiger partial charge on any atom is -0.317 e. The lowest BCUT2D eigenvalue weighted by Crippen LogP contribution is -2.29. The maximum atomic E-state index is 3.47. The monoisotopic (exact) mass is 634 g/mol. The molecule has 0 radical (unpaired) electrons. The zero-order chi connectivity index (χ0) is 21.1. The van der Waals surface area contributed by atoms with E-state index >= 15 is 0 Å². The number of alkyl halides is 1. The minimum absolute atomic E-state index is 0.773. The van der Waals surface area contributed by atoms with Gasteiger partial charge in [0.1, 0.15) is 0 Å². The van der Waals surface area contributed by atoms with Crippen LogP contribution in [0.15, 0.2) is 57.5 Å². The van der Waals surface area contributed by atoms with Gasteiger partial charge in [-0.1, -0.05) is 78.7 Å². The van der Waals surface area contributed by atoms with Crippen LogP contribution in [-0.2, 0) is 0 Å². The lowest BCUT2D eigenvalue weighted by molar-refractivity contribution is 0.255. The van der Waals surface area contributed by atoms with Crippen molar-refractivity contribution < 1.29 is 0 Å². The summed E-state index contributed by atoms with van der Waals surface area (Å²) in [6.07, 6.45) is 5.17. The highest BCUT2D eigenvalue weighted by molar-refractivity contribution is 14.1. The molecule has 0 aromatic heterocycles. The average molecular weight is 636 g/mol. The third kappa shape index (κ3) is 8.98. The lowest BCUT2D eigenvalue weighted by Gasteiger charge is -2.29. The minimum atomic E-state index is 0.773. The molecule has 0 atom stereocenters. The van der Waals surface area contributed by atoms with Crippen LogP contribution in [0, 0.1) is 0 Å². The Morgan fingerprint density at radius 1 is 0.724 bits per heavy atom. The molecule has 29 heavy (non-hydrogen) atoms. The summed E-state index contributed by atoms with van der Waals surface area (Å²) in [4.78, 5) is 4.38. The van der Waals surface area contributed by atoms with Crippen LogP contribution in [0.2, 0.25) is 0 Å². The Hall–Kier alpha value is 0.0500. The van der Waals surface area contributed by atoms with E-state index < -0.39 is 0 Å². The molecule has 0 amide bonds. The van der Waals surface area contributed by atoms with E-state index in [1.807, 2.05) is 4.93 Å². The quantitative estimate of drug-likeness (QED) is 0.277. The maximum absolute atomic E-state index is 3.47. The Morgan fingerprint density at radius 3 is 1.52 bits per heavy atom. The van der Waals surface area contributed by atoms with E-state index in [1.165, 1.54) is 71.9 Å². The standard InChI is InChI=1S/C12H16BrN.C11H14BrN.CH3I/c1-14-8-6-11(7-9-14)10-2-4-12(13)5-3-10;12-11-3-1-9(2-4-11)10-5-7-13-8-6-10;1-2/h2-5,11H,6-9H2,1H3;1-4,10,13H,5-8H2;1H3. The van der Waals surface area contributed by atoms with Crippen molar-refractivity contribution in [1.82, 2.24) is 10.2 Å². The van der Waals surface area contributed by atoms with Gasteiger partial charge in [0.05, 0.1) is 0 Å². The molecule has 0 aliphatic carbocycles. The molecule has 2 aliphatic rings. The first kappa shape index (κ1) is 25.3. The highest BCUT2D eigenvalue weighted by Gasteiger charge is 2.17. The molecular formula is C24H33Br2IN2. The van der Waals surface area contributed by atoms with Crippen molar-refractivity contribution in [2.24, 2.45) is 0 Å². The highest BCUT2D eigenvalue weighted by Crippen LogP contribution is 2.28. The Bertz CT molecular complexity index is 677. The van der Waals surface area contributed by atoms with Crippen molar-refractivity contribution in [1.29, 1.82) is 0 Å². The third-order valence-corrected chi connectivity index (χ3v) is 6.80. The first-order valence-corrected chi connectivity index (χ1v) is 14.1. The van der Waals surface area contributed by atoms with Gasteiger partial charge in [-0.25, -0.2) is 0 Å². The summed E-state index contributed by atoms with van der Waals surface area (Å²) in [5.41, 5.74) is 2.99. The topological polar surface area (TPSA) is 15.3 Å². The molecule has 5 heteroatoms. The molecule has 0 saturated carbocycles. The van der Waals surface area contributed by atoms with E-state index in [9.17, 15) is 0 Å². The molecule has 2 nitrogen and oxygen atoms in total. The van der Waals surface area contributed by atoms with Gasteiger partial charge in [-0.3, -0.25) is 0 Å². The fraction of sp³-hybridized carbons (Fsp3) is 0.500. The molecule has 2 saturated heterocycles. The van der Waals surface area contributed by atoms with E-state index in [0.29, 0.717) is 0 Å². The Kier molecular flexibility index (Phi) is 12.4. The Labute approximate surface area is 207 Å². The zero-order valence-electron chi connectivity index (χ0n) is 17.5. The van der Waals surface area contributed by atoms with Gasteiger partial charge in [0.2, 0.25) is 0 Å². The highest BCUT2D eigenvalue weighted by atomic mass is 127. The second kappa shape index (κ2) is 14.2. The van der Waals surface area contributed by atoms with E-state index in [4.69, 9.17) is 0 Å². The van der Waals surface area contributed by atoms with E-state index in [1.54, 1.807) is 0 Å². The summed E-state index contributed by atoms with van der Waals surface area (Å²) in [6, 6.07) is 17.5. The number of benzene rings is 2. The van der Waals surface area contributed by atoms with Crippen LogP contribution in [-0.4, -0.2) is 43.1 Å². The predicted molar refractivity (Wildman–Crippen MR) is 143 cm³/mol. The molecule has 0 bridgehead atoms. The van der Waals surface area contributed by atoms with Crippen molar-refractivity contribution >= 4 is 54.5 Å². The number of likely N-dealkylation sites (tertiary alicyclic amines) is 1. The molecular weight excluding hydrogens is 603 g/mol. The molecule has 2 heterocycles. The van der Waals surface area contributed by atoms with Crippen LogP contribution in [0.1, 0.15) is 48.6 Å². The molecule has 2 fully saturated rings. The van der Waals surface area contributed by atoms with E-state index in [2.05, 4.69) is 120 Å². The maximum Gasteiger partial charge on any atom is 0.0175 e. The van der Waals surface area contributed by atoms with Gasteiger partial charge < -0.3 is 10.2 Å². The zero-order valence-corrected chi connectivity index (χ0v) is 22.8. The first-order valence-electron chi connectivity index (χ1n) is 10.4. The number of rotatable bonds is 2. The number of halogens is 3. The van der Waals surface area contributed by atoms with Crippen LogP contribution in [0.4, 0.5) is 0 Å². The number of hydrogen-bond acceptors (Lipinski definition) is 2. The van der Waals surface area contributed by atoms with Gasteiger partial charge >= 0.3 is 0 Å². The van der Waals surface area contributed by atoms with Crippen LogP contribution in [0.3, 0.4) is 0 Å². The van der Waals surface area contributed by atoms with Crippen molar-refractivity contribution in [2.45, 2.75) is 37.5 Å². The van der Waals surface area contributed by atoms with Crippen molar-refractivity contribution in [3.05, 3.63) is 68.6 Å². The molecule has 2 aromatic rings. The SMILES string of the molecule is Brc1ccc(C2CCNCC2)cc1.CI.CN1CCC(c2ccc(Br)cc2)CC1. The summed E-state index contributed by atoms with van der Waals surface area (Å²) in [7, 11) is 2.21. The second-order valence-corrected chi connectivity index (χ2v) is 9.54. The smallest absolute Gasteiger partial charge is 0.0175 e. The molecule has 0 spiro atoms.